The van der Waals surface area contributed by atoms with Crippen LogP contribution in [0, 0.1) is 5.92 Å². The number of hydrogen-bond acceptors (Lipinski definition) is 6. The lowest BCUT2D eigenvalue weighted by Gasteiger charge is -2.15. The molecule has 0 saturated carbocycles. The number of esters is 2. The Morgan fingerprint density at radius 1 is 0.705 bits per heavy atom. The van der Waals surface area contributed by atoms with Crippen LogP contribution in [0.1, 0.15) is 149 Å². The Morgan fingerprint density at radius 2 is 1.32 bits per heavy atom. The topological polar surface area (TPSA) is 93.1 Å². The summed E-state index contributed by atoms with van der Waals surface area (Å²) in [6.07, 6.45) is 34.9. The van der Waals surface area contributed by atoms with E-state index in [1.54, 1.807) is 0 Å². The lowest BCUT2D eigenvalue weighted by atomic mass is 9.99. The lowest BCUT2D eigenvalue weighted by Crippen LogP contribution is -2.28. The molecule has 0 aromatic rings. The summed E-state index contributed by atoms with van der Waals surface area (Å²) in [6.45, 7) is 6.28. The third-order valence-electron chi connectivity index (χ3n) is 7.77. The normalized spacial score (nSPS) is 14.2. The van der Waals surface area contributed by atoms with E-state index in [0.29, 0.717) is 12.8 Å². The van der Waals surface area contributed by atoms with Gasteiger partial charge in [-0.15, -0.1) is 0 Å². The Kier molecular flexibility index (Phi) is 30.6. The number of ether oxygens (including phenoxy) is 2. The van der Waals surface area contributed by atoms with Crippen molar-refractivity contribution < 1.29 is 29.3 Å². The number of aliphatic hydroxyl groups excluding tert-OH is 2. The fraction of sp³-hybridized carbons (Fsp3) is 0.737. The van der Waals surface area contributed by atoms with Gasteiger partial charge in [0.2, 0.25) is 0 Å². The van der Waals surface area contributed by atoms with Crippen molar-refractivity contribution in [3.8, 4) is 0 Å². The quantitative estimate of drug-likeness (QED) is 0.0360. The fourth-order valence-corrected chi connectivity index (χ4v) is 4.63. The molecule has 6 heteroatoms. The van der Waals surface area contributed by atoms with Gasteiger partial charge in [0, 0.05) is 12.8 Å². The molecule has 0 rings (SSSR count). The van der Waals surface area contributed by atoms with Gasteiger partial charge in [-0.3, -0.25) is 9.59 Å². The van der Waals surface area contributed by atoms with Gasteiger partial charge in [0.25, 0.3) is 0 Å². The maximum Gasteiger partial charge on any atom is 0.306 e. The smallest absolute Gasteiger partial charge is 0.306 e. The Morgan fingerprint density at radius 3 is 2.00 bits per heavy atom. The van der Waals surface area contributed by atoms with Gasteiger partial charge in [-0.2, -0.15) is 0 Å². The molecule has 0 saturated heterocycles. The zero-order chi connectivity index (χ0) is 32.5. The maximum absolute atomic E-state index is 12.1. The SMILES string of the molecule is CCCCC[C@H](O)/C=C/C=C\C/C=C\C/C=C\CCCC(=O)O[C@@H](CO)COC(=O)CCCCCCCCCCC(C)CC. The van der Waals surface area contributed by atoms with Crippen molar-refractivity contribution >= 4 is 11.9 Å². The van der Waals surface area contributed by atoms with Crippen LogP contribution in [0.4, 0.5) is 0 Å². The third kappa shape index (κ3) is 29.9. The first-order valence-electron chi connectivity index (χ1n) is 17.7. The molecule has 0 radical (unpaired) electrons. The fourth-order valence-electron chi connectivity index (χ4n) is 4.63. The van der Waals surface area contributed by atoms with Crippen molar-refractivity contribution in [2.75, 3.05) is 13.2 Å². The minimum absolute atomic E-state index is 0.101. The van der Waals surface area contributed by atoms with Crippen molar-refractivity contribution in [1.29, 1.82) is 0 Å². The predicted octanol–water partition coefficient (Wildman–Crippen LogP) is 9.50. The number of allylic oxidation sites excluding steroid dienone is 7. The Hall–Kier alpha value is -2.18. The summed E-state index contributed by atoms with van der Waals surface area (Å²) in [6, 6.07) is 0. The first kappa shape index (κ1) is 41.8. The number of hydrogen-bond donors (Lipinski definition) is 2. The highest BCUT2D eigenvalue weighted by atomic mass is 16.6. The minimum atomic E-state index is -0.812. The summed E-state index contributed by atoms with van der Waals surface area (Å²) in [5, 5.41) is 19.3. The molecular weight excluding hydrogens is 552 g/mol. The monoisotopic (exact) mass is 618 g/mol. The van der Waals surface area contributed by atoms with Crippen LogP contribution in [0.2, 0.25) is 0 Å². The number of unbranched alkanes of at least 4 members (excludes halogenated alkanes) is 10. The van der Waals surface area contributed by atoms with Crippen LogP contribution >= 0.6 is 0 Å². The second-order valence-electron chi connectivity index (χ2n) is 12.0. The number of aliphatic hydroxyl groups is 2. The van der Waals surface area contributed by atoms with Crippen LogP contribution in [0.25, 0.3) is 0 Å². The first-order chi connectivity index (χ1) is 21.4. The number of carbonyl (C=O) groups is 2. The van der Waals surface area contributed by atoms with E-state index in [0.717, 1.165) is 63.7 Å². The van der Waals surface area contributed by atoms with E-state index in [2.05, 4.69) is 51.2 Å². The molecular formula is C38H66O6. The van der Waals surface area contributed by atoms with Gasteiger partial charge in [0.05, 0.1) is 12.7 Å². The zero-order valence-electron chi connectivity index (χ0n) is 28.4. The van der Waals surface area contributed by atoms with Gasteiger partial charge in [-0.25, -0.2) is 0 Å². The lowest BCUT2D eigenvalue weighted by molar-refractivity contribution is -0.161. The van der Waals surface area contributed by atoms with Crippen molar-refractivity contribution in [2.45, 2.75) is 161 Å². The summed E-state index contributed by atoms with van der Waals surface area (Å²) in [5.74, 6) is 0.161. The highest BCUT2D eigenvalue weighted by Gasteiger charge is 2.16. The molecule has 0 amide bonds. The van der Waals surface area contributed by atoms with E-state index in [4.69, 9.17) is 9.47 Å². The summed E-state index contributed by atoms with van der Waals surface area (Å²) in [5.41, 5.74) is 0. The first-order valence-corrected chi connectivity index (χ1v) is 17.7. The van der Waals surface area contributed by atoms with Crippen molar-refractivity contribution in [3.63, 3.8) is 0 Å². The van der Waals surface area contributed by atoms with Crippen molar-refractivity contribution in [3.05, 3.63) is 48.6 Å². The Bertz CT molecular complexity index is 784. The summed E-state index contributed by atoms with van der Waals surface area (Å²) in [7, 11) is 0. The highest BCUT2D eigenvalue weighted by molar-refractivity contribution is 5.70. The van der Waals surface area contributed by atoms with E-state index >= 15 is 0 Å². The van der Waals surface area contributed by atoms with Crippen LogP contribution in [-0.4, -0.2) is 47.6 Å². The molecule has 1 unspecified atom stereocenters. The van der Waals surface area contributed by atoms with Gasteiger partial charge in [-0.1, -0.05) is 146 Å². The predicted molar refractivity (Wildman–Crippen MR) is 183 cm³/mol. The van der Waals surface area contributed by atoms with E-state index < -0.39 is 6.10 Å². The van der Waals surface area contributed by atoms with E-state index in [1.807, 2.05) is 18.2 Å². The van der Waals surface area contributed by atoms with E-state index in [1.165, 1.54) is 51.4 Å². The van der Waals surface area contributed by atoms with E-state index in [9.17, 15) is 19.8 Å². The van der Waals surface area contributed by atoms with Crippen LogP contribution in [0.15, 0.2) is 48.6 Å². The summed E-state index contributed by atoms with van der Waals surface area (Å²) >= 11 is 0. The average Bonchev–Trinajstić information content (AvgIpc) is 3.02. The number of carbonyl (C=O) groups excluding carboxylic acids is 2. The molecule has 44 heavy (non-hydrogen) atoms. The standard InChI is InChI=1S/C38H66O6/c1-4-6-22-28-35(40)29-24-19-15-10-8-7-9-11-17-21-26-31-38(42)44-36(32-39)33-43-37(41)30-25-20-16-13-12-14-18-23-27-34(3)5-2/h7-8,11,15,17,19,24,29,34-36,39-40H,4-6,9-10,12-14,16,18,20-23,25-28,30-33H2,1-3H3/b8-7-,17-11-,19-15-,29-24+/t34?,35-,36-/m0/s1. The van der Waals surface area contributed by atoms with Crippen LogP contribution < -0.4 is 0 Å². The van der Waals surface area contributed by atoms with E-state index in [-0.39, 0.29) is 37.7 Å². The number of rotatable bonds is 30. The molecule has 0 aromatic carbocycles. The molecule has 0 bridgehead atoms. The van der Waals surface area contributed by atoms with Crippen LogP contribution in [0.3, 0.4) is 0 Å². The molecule has 2 N–H and O–H groups in total. The Labute approximate surface area is 270 Å². The molecule has 0 aliphatic rings. The van der Waals surface area contributed by atoms with Gasteiger partial charge in [0.1, 0.15) is 6.61 Å². The Balaban J connectivity index is 3.77. The molecule has 0 heterocycles. The van der Waals surface area contributed by atoms with Gasteiger partial charge >= 0.3 is 11.9 Å². The van der Waals surface area contributed by atoms with Crippen molar-refractivity contribution in [2.24, 2.45) is 5.92 Å². The van der Waals surface area contributed by atoms with Gasteiger partial charge in [0.15, 0.2) is 6.10 Å². The maximum atomic E-state index is 12.1. The molecule has 0 aliphatic heterocycles. The highest BCUT2D eigenvalue weighted by Crippen LogP contribution is 2.15. The van der Waals surface area contributed by atoms with Gasteiger partial charge < -0.3 is 19.7 Å². The van der Waals surface area contributed by atoms with Crippen LogP contribution in [0.5, 0.6) is 0 Å². The molecule has 0 aliphatic carbocycles. The molecule has 0 aromatic heterocycles. The molecule has 6 nitrogen and oxygen atoms in total. The average molecular weight is 619 g/mol. The third-order valence-corrected chi connectivity index (χ3v) is 7.77. The van der Waals surface area contributed by atoms with Crippen molar-refractivity contribution in [1.82, 2.24) is 0 Å². The second-order valence-corrected chi connectivity index (χ2v) is 12.0. The summed E-state index contributed by atoms with van der Waals surface area (Å²) in [4.78, 5) is 24.1. The zero-order valence-corrected chi connectivity index (χ0v) is 28.4. The van der Waals surface area contributed by atoms with Crippen LogP contribution in [-0.2, 0) is 19.1 Å². The van der Waals surface area contributed by atoms with Gasteiger partial charge in [-0.05, 0) is 44.4 Å². The molecule has 254 valence electrons. The minimum Gasteiger partial charge on any atom is -0.462 e. The largest absolute Gasteiger partial charge is 0.462 e. The second kappa shape index (κ2) is 32.2. The summed E-state index contributed by atoms with van der Waals surface area (Å²) < 4.78 is 10.5. The molecule has 0 fully saturated rings. The molecule has 0 spiro atoms. The molecule has 3 atom stereocenters.